The van der Waals surface area contributed by atoms with Crippen molar-refractivity contribution < 1.29 is 80.2 Å². The summed E-state index contributed by atoms with van der Waals surface area (Å²) >= 11 is 0. The van der Waals surface area contributed by atoms with Crippen molar-refractivity contribution >= 4 is 39.5 Å². The SMILES string of the molecule is CCCCCCCCCCCCCCCCCCCCCCCCC(=O)O[C@H](COC(=O)CCCCCCCCCCCCCCCCC(C)CC)COP(=O)(O)OC[C@@H](O)COP(=O)(O)OC[C@@H](COC(=O)CCCCCCCCCC(C)C)OC(=O)CCCCCCCCCCCCC. The summed E-state index contributed by atoms with van der Waals surface area (Å²) in [5, 5.41) is 10.6. The molecule has 6 atom stereocenters. The van der Waals surface area contributed by atoms with Crippen LogP contribution in [0.5, 0.6) is 0 Å². The summed E-state index contributed by atoms with van der Waals surface area (Å²) in [5.74, 6) is -0.555. The van der Waals surface area contributed by atoms with Gasteiger partial charge in [-0.3, -0.25) is 37.3 Å². The van der Waals surface area contributed by atoms with E-state index in [0.29, 0.717) is 31.6 Å². The zero-order valence-corrected chi connectivity index (χ0v) is 68.0. The minimum Gasteiger partial charge on any atom is -0.462 e. The second kappa shape index (κ2) is 73.6. The molecule has 0 aromatic carbocycles. The molecule has 0 aliphatic heterocycles. The normalized spacial score (nSPS) is 14.2. The molecule has 0 rings (SSSR count). The number of aliphatic hydroxyl groups excluding tert-OH is 1. The second-order valence-corrected chi connectivity index (χ2v) is 33.1. The van der Waals surface area contributed by atoms with E-state index in [1.807, 2.05) is 0 Å². The predicted octanol–water partition coefficient (Wildman–Crippen LogP) is 24.7. The Kier molecular flexibility index (Phi) is 72.2. The molecule has 19 heteroatoms. The van der Waals surface area contributed by atoms with Gasteiger partial charge in [0, 0.05) is 25.7 Å². The van der Waals surface area contributed by atoms with E-state index in [9.17, 15) is 43.2 Å². The van der Waals surface area contributed by atoms with Gasteiger partial charge >= 0.3 is 39.5 Å². The van der Waals surface area contributed by atoms with Gasteiger partial charge in [-0.1, -0.05) is 382 Å². The van der Waals surface area contributed by atoms with Crippen molar-refractivity contribution in [3.8, 4) is 0 Å². The molecule has 3 N–H and O–H groups in total. The Bertz CT molecular complexity index is 1940. The monoisotopic (exact) mass is 1480 g/mol. The lowest BCUT2D eigenvalue weighted by atomic mass is 9.99. The molecule has 0 saturated heterocycles. The summed E-state index contributed by atoms with van der Waals surface area (Å²) in [6.07, 6.45) is 64.0. The van der Waals surface area contributed by atoms with Crippen LogP contribution in [-0.2, 0) is 65.4 Å². The molecule has 0 aliphatic rings. The first-order valence-corrected chi connectivity index (χ1v) is 45.5. The summed E-state index contributed by atoms with van der Waals surface area (Å²) in [7, 11) is -9.92. The van der Waals surface area contributed by atoms with Crippen LogP contribution in [-0.4, -0.2) is 96.7 Å². The van der Waals surface area contributed by atoms with Crippen molar-refractivity contribution in [2.24, 2.45) is 11.8 Å². The Hall–Kier alpha value is -1.94. The summed E-state index contributed by atoms with van der Waals surface area (Å²) in [5.41, 5.74) is 0. The van der Waals surface area contributed by atoms with Crippen molar-refractivity contribution in [2.45, 2.75) is 452 Å². The van der Waals surface area contributed by atoms with Gasteiger partial charge in [0.05, 0.1) is 26.4 Å². The molecule has 101 heavy (non-hydrogen) atoms. The van der Waals surface area contributed by atoms with E-state index in [4.69, 9.17) is 37.0 Å². The molecule has 0 saturated carbocycles. The minimum absolute atomic E-state index is 0.106. The van der Waals surface area contributed by atoms with Crippen molar-refractivity contribution in [1.82, 2.24) is 0 Å². The van der Waals surface area contributed by atoms with Gasteiger partial charge in [-0.2, -0.15) is 0 Å². The van der Waals surface area contributed by atoms with Crippen molar-refractivity contribution in [2.75, 3.05) is 39.6 Å². The van der Waals surface area contributed by atoms with Gasteiger partial charge in [-0.25, -0.2) is 9.13 Å². The summed E-state index contributed by atoms with van der Waals surface area (Å²) in [4.78, 5) is 73.0. The molecule has 0 heterocycles. The Morgan fingerprint density at radius 2 is 0.505 bits per heavy atom. The molecular weight excluding hydrogens is 1320 g/mol. The van der Waals surface area contributed by atoms with E-state index in [1.54, 1.807) is 0 Å². The van der Waals surface area contributed by atoms with Gasteiger partial charge in [-0.05, 0) is 37.5 Å². The lowest BCUT2D eigenvalue weighted by Crippen LogP contribution is -2.30. The fraction of sp³-hybridized carbons (Fsp3) is 0.951. The van der Waals surface area contributed by atoms with E-state index in [2.05, 4.69) is 41.5 Å². The first kappa shape index (κ1) is 99.1. The Labute approximate surface area is 619 Å². The van der Waals surface area contributed by atoms with Crippen LogP contribution in [0.25, 0.3) is 0 Å². The Balaban J connectivity index is 5.20. The molecule has 0 aliphatic carbocycles. The van der Waals surface area contributed by atoms with Gasteiger partial charge in [0.2, 0.25) is 0 Å². The van der Waals surface area contributed by atoms with Crippen LogP contribution in [0.2, 0.25) is 0 Å². The molecular formula is C82H160O17P2. The number of esters is 4. The molecule has 17 nitrogen and oxygen atoms in total. The number of carbonyl (C=O) groups excluding carboxylic acids is 4. The quantitative estimate of drug-likeness (QED) is 0.0222. The largest absolute Gasteiger partial charge is 0.472 e. The predicted molar refractivity (Wildman–Crippen MR) is 414 cm³/mol. The van der Waals surface area contributed by atoms with Crippen LogP contribution >= 0.6 is 15.6 Å². The number of ether oxygens (including phenoxy) is 4. The molecule has 600 valence electrons. The third kappa shape index (κ3) is 74.7. The fourth-order valence-electron chi connectivity index (χ4n) is 12.7. The topological polar surface area (TPSA) is 237 Å². The average molecular weight is 1480 g/mol. The van der Waals surface area contributed by atoms with Gasteiger partial charge in [0.25, 0.3) is 0 Å². The van der Waals surface area contributed by atoms with Crippen molar-refractivity contribution in [3.63, 3.8) is 0 Å². The van der Waals surface area contributed by atoms with Gasteiger partial charge in [-0.15, -0.1) is 0 Å². The van der Waals surface area contributed by atoms with Crippen LogP contribution in [0.15, 0.2) is 0 Å². The van der Waals surface area contributed by atoms with Crippen molar-refractivity contribution in [1.29, 1.82) is 0 Å². The molecule has 0 radical (unpaired) electrons. The first-order chi connectivity index (χ1) is 48.9. The number of hydrogen-bond donors (Lipinski definition) is 3. The Morgan fingerprint density at radius 3 is 0.752 bits per heavy atom. The lowest BCUT2D eigenvalue weighted by molar-refractivity contribution is -0.161. The van der Waals surface area contributed by atoms with E-state index < -0.39 is 97.5 Å². The Morgan fingerprint density at radius 1 is 0.287 bits per heavy atom. The summed E-state index contributed by atoms with van der Waals surface area (Å²) < 4.78 is 68.7. The maximum Gasteiger partial charge on any atom is 0.472 e. The summed E-state index contributed by atoms with van der Waals surface area (Å²) in [6, 6.07) is 0. The fourth-order valence-corrected chi connectivity index (χ4v) is 14.3. The standard InChI is InChI=1S/C82H160O17P2/c1-7-10-12-14-16-18-20-21-22-23-24-25-26-27-28-29-34-38-42-48-55-61-67-82(87)98-77(70-92-79(84)64-58-52-46-40-37-33-31-30-32-36-39-45-51-57-63-75(6)9-3)72-96-100(88,89)94-68-76(83)69-95-101(90,91)97-73-78(71-93-80(85)65-59-53-49-43-44-50-56-62-74(4)5)99-81(86)66-60-54-47-41-35-19-17-15-13-11-8-2/h74-78,83H,7-73H2,1-6H3,(H,88,89)(H,90,91)/t75?,76-,77-,78-/m1/s1. The van der Waals surface area contributed by atoms with Gasteiger partial charge in [0.15, 0.2) is 12.2 Å². The molecule has 0 spiro atoms. The van der Waals surface area contributed by atoms with Gasteiger partial charge < -0.3 is 33.8 Å². The van der Waals surface area contributed by atoms with Crippen LogP contribution in [0.4, 0.5) is 0 Å². The van der Waals surface area contributed by atoms with Crippen LogP contribution < -0.4 is 0 Å². The maximum atomic E-state index is 13.1. The minimum atomic E-state index is -4.96. The average Bonchev–Trinajstić information content (AvgIpc) is 0.921. The molecule has 0 aromatic rings. The first-order valence-electron chi connectivity index (χ1n) is 42.5. The smallest absolute Gasteiger partial charge is 0.462 e. The third-order valence-electron chi connectivity index (χ3n) is 19.6. The highest BCUT2D eigenvalue weighted by Crippen LogP contribution is 2.45. The molecule has 0 amide bonds. The maximum absolute atomic E-state index is 13.1. The number of phosphoric ester groups is 2. The number of carbonyl (C=O) groups is 4. The zero-order chi connectivity index (χ0) is 74.2. The molecule has 3 unspecified atom stereocenters. The second-order valence-electron chi connectivity index (χ2n) is 30.2. The number of hydrogen-bond acceptors (Lipinski definition) is 15. The molecule has 0 bridgehead atoms. The number of phosphoric acid groups is 2. The number of unbranched alkanes of at least 4 members (excludes halogenated alkanes) is 50. The van der Waals surface area contributed by atoms with E-state index in [0.717, 1.165) is 102 Å². The lowest BCUT2D eigenvalue weighted by Gasteiger charge is -2.21. The molecule has 0 fully saturated rings. The highest BCUT2D eigenvalue weighted by Gasteiger charge is 2.30. The third-order valence-corrected chi connectivity index (χ3v) is 21.5. The van der Waals surface area contributed by atoms with Gasteiger partial charge in [0.1, 0.15) is 19.3 Å². The van der Waals surface area contributed by atoms with E-state index >= 15 is 0 Å². The van der Waals surface area contributed by atoms with Crippen molar-refractivity contribution in [3.05, 3.63) is 0 Å². The number of rotatable bonds is 81. The zero-order valence-electron chi connectivity index (χ0n) is 66.2. The van der Waals surface area contributed by atoms with Crippen LogP contribution in [0.3, 0.4) is 0 Å². The van der Waals surface area contributed by atoms with Crippen LogP contribution in [0.1, 0.15) is 433 Å². The summed E-state index contributed by atoms with van der Waals surface area (Å²) in [6.45, 7) is 9.63. The number of aliphatic hydroxyl groups is 1. The molecule has 0 aromatic heterocycles. The highest BCUT2D eigenvalue weighted by atomic mass is 31.2. The highest BCUT2D eigenvalue weighted by molar-refractivity contribution is 7.47. The van der Waals surface area contributed by atoms with E-state index in [-0.39, 0.29) is 25.7 Å². The van der Waals surface area contributed by atoms with Crippen LogP contribution in [0, 0.1) is 11.8 Å². The van der Waals surface area contributed by atoms with E-state index in [1.165, 1.54) is 244 Å².